The Bertz CT molecular complexity index is 1560. The first-order valence-electron chi connectivity index (χ1n) is 12.1. The highest BCUT2D eigenvalue weighted by Gasteiger charge is 2.16. The predicted molar refractivity (Wildman–Crippen MR) is 139 cm³/mol. The Morgan fingerprint density at radius 2 is 1.85 bits per heavy atom. The Labute approximate surface area is 222 Å². The molecule has 0 amide bonds. The summed E-state index contributed by atoms with van der Waals surface area (Å²) in [6, 6.07) is 10.6. The second kappa shape index (κ2) is 11.0. The van der Waals surface area contributed by atoms with Gasteiger partial charge in [-0.25, -0.2) is 28.4 Å². The quantitative estimate of drug-likeness (QED) is 0.205. The second-order valence-corrected chi connectivity index (χ2v) is 8.97. The van der Waals surface area contributed by atoms with Crippen LogP contribution in [0.5, 0.6) is 0 Å². The number of aliphatic hydroxyl groups excluding tert-OH is 1. The molecular weight excluding hydrogens is 506 g/mol. The van der Waals surface area contributed by atoms with Crippen molar-refractivity contribution in [2.75, 3.05) is 5.32 Å². The topological polar surface area (TPSA) is 142 Å². The molecule has 1 unspecified atom stereocenters. The summed E-state index contributed by atoms with van der Waals surface area (Å²) in [6.45, 7) is 5.63. The number of aliphatic hydroxyl groups is 1. The van der Waals surface area contributed by atoms with Gasteiger partial charge in [0.05, 0.1) is 17.0 Å². The number of aromatic amines is 1. The first kappa shape index (κ1) is 26.0. The standard InChI is InChI=1S/C26H26F2N10O/c1-14-8-21(33-22-9-15(2)35-36-22)34-25(32-14)18-5-6-20(29-12-18)26(39)31-11-17-4-7-23(30-10-17)38-13-19(24(27)28)16(3)37-38/h4-10,12-13,24,26,31,39H,11H2,1-3H3,(H2,32,33,34,35,36). The molecule has 0 aliphatic carbocycles. The zero-order valence-electron chi connectivity index (χ0n) is 21.4. The summed E-state index contributed by atoms with van der Waals surface area (Å²) in [5.41, 5.74) is 3.74. The van der Waals surface area contributed by atoms with Crippen LogP contribution < -0.4 is 10.6 Å². The summed E-state index contributed by atoms with van der Waals surface area (Å²) in [5, 5.41) is 27.9. The van der Waals surface area contributed by atoms with Crippen molar-refractivity contribution in [2.45, 2.75) is 40.0 Å². The van der Waals surface area contributed by atoms with Gasteiger partial charge in [-0.05, 0) is 44.5 Å². The van der Waals surface area contributed by atoms with Crippen LogP contribution in [0.25, 0.3) is 17.2 Å². The highest BCUT2D eigenvalue weighted by molar-refractivity contribution is 5.59. The van der Waals surface area contributed by atoms with E-state index >= 15 is 0 Å². The van der Waals surface area contributed by atoms with Crippen molar-refractivity contribution in [3.05, 3.63) is 88.9 Å². The molecule has 11 nitrogen and oxygen atoms in total. The number of anilines is 2. The molecule has 0 aliphatic rings. The van der Waals surface area contributed by atoms with Crippen LogP contribution in [0.15, 0.2) is 55.0 Å². The van der Waals surface area contributed by atoms with Crippen LogP contribution >= 0.6 is 0 Å². The van der Waals surface area contributed by atoms with E-state index in [1.807, 2.05) is 26.0 Å². The molecule has 5 rings (SSSR count). The van der Waals surface area contributed by atoms with Crippen molar-refractivity contribution in [1.29, 1.82) is 0 Å². The van der Waals surface area contributed by atoms with E-state index < -0.39 is 12.7 Å². The number of hydrogen-bond donors (Lipinski definition) is 4. The van der Waals surface area contributed by atoms with E-state index in [-0.39, 0.29) is 11.3 Å². The van der Waals surface area contributed by atoms with Gasteiger partial charge in [0.2, 0.25) is 0 Å². The van der Waals surface area contributed by atoms with E-state index in [1.54, 1.807) is 36.7 Å². The van der Waals surface area contributed by atoms with Crippen LogP contribution in [0.3, 0.4) is 0 Å². The lowest BCUT2D eigenvalue weighted by Gasteiger charge is -2.13. The molecule has 39 heavy (non-hydrogen) atoms. The van der Waals surface area contributed by atoms with E-state index in [4.69, 9.17) is 0 Å². The van der Waals surface area contributed by atoms with Crippen molar-refractivity contribution in [3.8, 4) is 17.2 Å². The second-order valence-electron chi connectivity index (χ2n) is 8.97. The lowest BCUT2D eigenvalue weighted by molar-refractivity contribution is 0.132. The highest BCUT2D eigenvalue weighted by atomic mass is 19.3. The molecule has 0 saturated carbocycles. The molecule has 5 aromatic rings. The van der Waals surface area contributed by atoms with Crippen molar-refractivity contribution < 1.29 is 13.9 Å². The van der Waals surface area contributed by atoms with E-state index in [0.29, 0.717) is 41.1 Å². The molecule has 5 heterocycles. The third-order valence-electron chi connectivity index (χ3n) is 5.86. The number of H-pyrrole nitrogens is 1. The maximum absolute atomic E-state index is 13.0. The molecule has 13 heteroatoms. The van der Waals surface area contributed by atoms with Gasteiger partial charge >= 0.3 is 0 Å². The third kappa shape index (κ3) is 6.10. The molecule has 0 saturated heterocycles. The Kier molecular flexibility index (Phi) is 7.34. The third-order valence-corrected chi connectivity index (χ3v) is 5.86. The van der Waals surface area contributed by atoms with Gasteiger partial charge in [0.15, 0.2) is 17.5 Å². The molecule has 4 N–H and O–H groups in total. The SMILES string of the molecule is Cc1cc(Nc2cc(C)[nH]n2)nc(-c2ccc(C(O)NCc3ccc(-n4cc(C(F)F)c(C)n4)nc3)nc2)n1. The summed E-state index contributed by atoms with van der Waals surface area (Å²) >= 11 is 0. The molecular formula is C26H26F2N10O. The fourth-order valence-electron chi connectivity index (χ4n) is 3.86. The monoisotopic (exact) mass is 532 g/mol. The van der Waals surface area contributed by atoms with Gasteiger partial charge in [0.1, 0.15) is 12.0 Å². The number of nitrogens with one attached hydrogen (secondary N) is 3. The normalized spacial score (nSPS) is 12.2. The minimum atomic E-state index is -2.60. The Morgan fingerprint density at radius 1 is 1.00 bits per heavy atom. The van der Waals surface area contributed by atoms with Crippen molar-refractivity contribution in [1.82, 2.24) is 45.2 Å². The zero-order chi connectivity index (χ0) is 27.5. The fraction of sp³-hybridized carbons (Fsp3) is 0.231. The maximum Gasteiger partial charge on any atom is 0.267 e. The molecule has 0 spiro atoms. The molecule has 1 atom stereocenters. The highest BCUT2D eigenvalue weighted by Crippen LogP contribution is 2.23. The summed E-state index contributed by atoms with van der Waals surface area (Å²) in [7, 11) is 0. The molecule has 0 bridgehead atoms. The van der Waals surface area contributed by atoms with E-state index in [9.17, 15) is 13.9 Å². The minimum Gasteiger partial charge on any atom is -0.373 e. The summed E-state index contributed by atoms with van der Waals surface area (Å²) in [5.74, 6) is 2.17. The summed E-state index contributed by atoms with van der Waals surface area (Å²) < 4.78 is 27.4. The number of nitrogens with zero attached hydrogens (tertiary/aromatic N) is 7. The summed E-state index contributed by atoms with van der Waals surface area (Å²) in [6.07, 6.45) is 0.850. The molecule has 0 fully saturated rings. The van der Waals surface area contributed by atoms with Gasteiger partial charge in [-0.1, -0.05) is 6.07 Å². The van der Waals surface area contributed by atoms with Crippen LogP contribution in [0.4, 0.5) is 20.4 Å². The van der Waals surface area contributed by atoms with Gasteiger partial charge in [0.25, 0.3) is 6.43 Å². The Balaban J connectivity index is 1.21. The average Bonchev–Trinajstić information content (AvgIpc) is 3.52. The Hall–Kier alpha value is -4.62. The number of rotatable bonds is 9. The number of halogens is 2. The van der Waals surface area contributed by atoms with Gasteiger partial charge < -0.3 is 10.4 Å². The van der Waals surface area contributed by atoms with Crippen molar-refractivity contribution in [2.24, 2.45) is 0 Å². The van der Waals surface area contributed by atoms with Gasteiger partial charge in [0, 0.05) is 54.2 Å². The van der Waals surface area contributed by atoms with E-state index in [0.717, 1.165) is 17.0 Å². The predicted octanol–water partition coefficient (Wildman–Crippen LogP) is 4.23. The van der Waals surface area contributed by atoms with Gasteiger partial charge in [-0.2, -0.15) is 10.2 Å². The van der Waals surface area contributed by atoms with Crippen LogP contribution in [-0.2, 0) is 6.54 Å². The largest absolute Gasteiger partial charge is 0.373 e. The van der Waals surface area contributed by atoms with Gasteiger partial charge in [-0.3, -0.25) is 15.4 Å². The number of alkyl halides is 2. The zero-order valence-corrected chi connectivity index (χ0v) is 21.4. The van der Waals surface area contributed by atoms with E-state index in [1.165, 1.54) is 17.8 Å². The van der Waals surface area contributed by atoms with Crippen molar-refractivity contribution in [3.63, 3.8) is 0 Å². The van der Waals surface area contributed by atoms with Gasteiger partial charge in [-0.15, -0.1) is 0 Å². The minimum absolute atomic E-state index is 0.126. The van der Waals surface area contributed by atoms with Crippen molar-refractivity contribution >= 4 is 11.6 Å². The first-order chi connectivity index (χ1) is 18.7. The molecule has 5 aromatic heterocycles. The van der Waals surface area contributed by atoms with Crippen LogP contribution in [-0.4, -0.2) is 45.0 Å². The van der Waals surface area contributed by atoms with E-state index in [2.05, 4.69) is 45.9 Å². The summed E-state index contributed by atoms with van der Waals surface area (Å²) in [4.78, 5) is 17.7. The first-order valence-corrected chi connectivity index (χ1v) is 12.1. The molecule has 0 radical (unpaired) electrons. The molecule has 0 aromatic carbocycles. The molecule has 200 valence electrons. The number of aromatic nitrogens is 8. The molecule has 0 aliphatic heterocycles. The number of aryl methyl sites for hydroxylation is 3. The Morgan fingerprint density at radius 3 is 2.49 bits per heavy atom. The smallest absolute Gasteiger partial charge is 0.267 e. The van der Waals surface area contributed by atoms with Crippen LogP contribution in [0.2, 0.25) is 0 Å². The average molecular weight is 533 g/mol. The number of hydrogen-bond acceptors (Lipinski definition) is 9. The lowest BCUT2D eigenvalue weighted by Crippen LogP contribution is -2.21. The van der Waals surface area contributed by atoms with Crippen LogP contribution in [0.1, 0.15) is 46.6 Å². The van der Waals surface area contributed by atoms with Crippen LogP contribution in [0, 0.1) is 20.8 Å². The fourth-order valence-corrected chi connectivity index (χ4v) is 3.86. The maximum atomic E-state index is 13.0. The number of pyridine rings is 2. The lowest BCUT2D eigenvalue weighted by atomic mass is 10.2.